The molecule has 0 fully saturated rings. The monoisotopic (exact) mass is 900 g/mol. The fourth-order valence-electron chi connectivity index (χ4n) is 9.62. The van der Waals surface area contributed by atoms with Crippen molar-refractivity contribution >= 4 is 64.7 Å². The molecule has 0 saturated carbocycles. The molecule has 0 amide bonds. The quantitative estimate of drug-likeness (QED) is 0.154. The lowest BCUT2D eigenvalue weighted by Crippen LogP contribution is -2.33. The van der Waals surface area contributed by atoms with E-state index in [1.54, 1.807) is 0 Å². The number of hydrogen-bond donors (Lipinski definition) is 1. The van der Waals surface area contributed by atoms with Crippen molar-refractivity contribution in [3.63, 3.8) is 0 Å². The van der Waals surface area contributed by atoms with E-state index in [1.807, 2.05) is 47.7 Å². The minimum Gasteiger partial charge on any atom is -0.344 e. The van der Waals surface area contributed by atoms with E-state index < -0.39 is 6.17 Å². The lowest BCUT2D eigenvalue weighted by molar-refractivity contribution is 0.675. The van der Waals surface area contributed by atoms with Crippen LogP contribution in [0.5, 0.6) is 0 Å². The van der Waals surface area contributed by atoms with Crippen molar-refractivity contribution in [1.29, 1.82) is 0 Å². The summed E-state index contributed by atoms with van der Waals surface area (Å²) in [6.07, 6.45) is 4.26. The van der Waals surface area contributed by atoms with Crippen molar-refractivity contribution in [2.24, 2.45) is 9.98 Å². The Hall–Kier alpha value is -8.83. The zero-order valence-corrected chi connectivity index (χ0v) is 38.0. The number of amidine groups is 2. The van der Waals surface area contributed by atoms with E-state index in [4.69, 9.17) is 24.9 Å². The van der Waals surface area contributed by atoms with Gasteiger partial charge in [0.15, 0.2) is 17.5 Å². The highest BCUT2D eigenvalue weighted by Gasteiger charge is 2.24. The second-order valence-electron chi connectivity index (χ2n) is 17.4. The summed E-state index contributed by atoms with van der Waals surface area (Å²) >= 11 is 1.83. The Bertz CT molecular complexity index is 3980. The first kappa shape index (κ1) is 40.4. The average Bonchev–Trinajstić information content (AvgIpc) is 3.81. The minimum atomic E-state index is -0.399. The minimum absolute atomic E-state index is 0.00597. The third-order valence-electron chi connectivity index (χ3n) is 13.1. The molecule has 1 aliphatic carbocycles. The Kier molecular flexibility index (Phi) is 10.0. The van der Waals surface area contributed by atoms with Gasteiger partial charge in [0, 0.05) is 54.8 Å². The highest BCUT2D eigenvalue weighted by Crippen LogP contribution is 2.44. The van der Waals surface area contributed by atoms with Crippen molar-refractivity contribution in [2.75, 3.05) is 0 Å². The number of rotatable bonds is 8. The van der Waals surface area contributed by atoms with Crippen LogP contribution in [0.15, 0.2) is 222 Å². The molecule has 1 aliphatic heterocycles. The number of nitrogens with one attached hydrogen (secondary N) is 1. The molecule has 2 aliphatic rings. The standard InChI is InChI=1S/C62H40N6S/c1-3-17-42(18-4-1)57-63-58(43-19-5-2-6-20-43)65-59(64-57)44-32-29-40(30-33-44)49-37-53(56-52-26-11-12-28-54(52)69-55(56)38-49)46-23-13-24-47(36-46)60-66-61(48-34-31-39-15-7-8-21-45(39)35-48)68-62(67-60)51-27-14-22-41-16-9-10-25-50(41)51/h1,3-5,7-19,21-38,43,60H,20H2,(H,66,67,68). The fraction of sp³-hybridized carbons (Fsp3) is 0.0484. The molecule has 2 aromatic heterocycles. The Labute approximate surface area is 403 Å². The van der Waals surface area contributed by atoms with Gasteiger partial charge in [0.05, 0.1) is 0 Å². The van der Waals surface area contributed by atoms with Crippen LogP contribution in [0, 0.1) is 11.8 Å². The highest BCUT2D eigenvalue weighted by molar-refractivity contribution is 7.26. The third-order valence-corrected chi connectivity index (χ3v) is 14.2. The Morgan fingerprint density at radius 2 is 1.19 bits per heavy atom. The predicted molar refractivity (Wildman–Crippen MR) is 286 cm³/mol. The third kappa shape index (κ3) is 7.63. The molecule has 0 spiro atoms. The van der Waals surface area contributed by atoms with Gasteiger partial charge in [0.25, 0.3) is 0 Å². The molecular formula is C62H40N6S. The van der Waals surface area contributed by atoms with Crippen LogP contribution in [0.4, 0.5) is 0 Å². The maximum Gasteiger partial charge on any atom is 0.163 e. The molecule has 2 atom stereocenters. The maximum absolute atomic E-state index is 5.37. The first-order valence-electron chi connectivity index (χ1n) is 23.2. The van der Waals surface area contributed by atoms with Gasteiger partial charge in [0.2, 0.25) is 0 Å². The first-order valence-corrected chi connectivity index (χ1v) is 24.0. The smallest absolute Gasteiger partial charge is 0.163 e. The molecule has 0 radical (unpaired) electrons. The van der Waals surface area contributed by atoms with Gasteiger partial charge in [-0.25, -0.2) is 24.9 Å². The molecular weight excluding hydrogens is 861 g/mol. The predicted octanol–water partition coefficient (Wildman–Crippen LogP) is 14.8. The topological polar surface area (TPSA) is 75.4 Å². The van der Waals surface area contributed by atoms with Gasteiger partial charge in [-0.3, -0.25) is 0 Å². The number of allylic oxidation sites excluding steroid dienone is 2. The molecule has 69 heavy (non-hydrogen) atoms. The average molecular weight is 901 g/mol. The maximum atomic E-state index is 5.37. The second-order valence-corrected chi connectivity index (χ2v) is 18.5. The molecule has 9 aromatic carbocycles. The summed E-state index contributed by atoms with van der Waals surface area (Å²) in [5.41, 5.74) is 9.46. The summed E-state index contributed by atoms with van der Waals surface area (Å²) in [6, 6.07) is 70.8. The largest absolute Gasteiger partial charge is 0.344 e. The van der Waals surface area contributed by atoms with Crippen molar-refractivity contribution in [3.05, 3.63) is 235 Å². The lowest BCUT2D eigenvalue weighted by Gasteiger charge is -2.25. The molecule has 324 valence electrons. The van der Waals surface area contributed by atoms with Gasteiger partial charge in [-0.1, -0.05) is 188 Å². The normalized spacial score (nSPS) is 15.4. The number of aliphatic imine (C=N–C) groups is 2. The molecule has 3 heterocycles. The van der Waals surface area contributed by atoms with E-state index >= 15 is 0 Å². The van der Waals surface area contributed by atoms with E-state index in [0.29, 0.717) is 23.9 Å². The van der Waals surface area contributed by atoms with Crippen LogP contribution in [0.25, 0.3) is 86.7 Å². The van der Waals surface area contributed by atoms with Gasteiger partial charge >= 0.3 is 0 Å². The number of hydrogen-bond acceptors (Lipinski definition) is 7. The van der Waals surface area contributed by atoms with Crippen molar-refractivity contribution in [3.8, 4) is 56.9 Å². The van der Waals surface area contributed by atoms with Crippen molar-refractivity contribution in [2.45, 2.75) is 18.5 Å². The van der Waals surface area contributed by atoms with Crippen LogP contribution in [0.3, 0.4) is 0 Å². The lowest BCUT2D eigenvalue weighted by atomic mass is 9.93. The molecule has 2 unspecified atom stereocenters. The van der Waals surface area contributed by atoms with E-state index in [1.165, 1.54) is 31.1 Å². The summed E-state index contributed by atoms with van der Waals surface area (Å²) < 4.78 is 2.49. The van der Waals surface area contributed by atoms with E-state index in [-0.39, 0.29) is 5.92 Å². The Morgan fingerprint density at radius 3 is 2.03 bits per heavy atom. The fourth-order valence-corrected chi connectivity index (χ4v) is 10.8. The molecule has 7 heteroatoms. The number of fused-ring (bicyclic) bond motifs is 5. The molecule has 0 bridgehead atoms. The number of aromatic nitrogens is 3. The first-order chi connectivity index (χ1) is 34.1. The Morgan fingerprint density at radius 1 is 0.493 bits per heavy atom. The van der Waals surface area contributed by atoms with Crippen LogP contribution in [0.2, 0.25) is 0 Å². The second kappa shape index (κ2) is 17.1. The van der Waals surface area contributed by atoms with Crippen LogP contribution >= 0.6 is 11.3 Å². The summed E-state index contributed by atoms with van der Waals surface area (Å²) in [5.74, 6) is 9.79. The zero-order valence-electron chi connectivity index (χ0n) is 37.2. The molecule has 1 N–H and O–H groups in total. The SMILES string of the molecule is C1#CCC(c2nc(-c3ccccc3)nc(-c3ccc(-c4cc(-c5cccc(C6N=C(c7ccc8ccccc8c7)N=C(c7cccc8ccccc78)N6)c5)c5c(c4)sc4ccccc45)cc3)n2)C=C1. The Balaban J connectivity index is 0.908. The highest BCUT2D eigenvalue weighted by atomic mass is 32.1. The number of thiophene rings is 1. The summed E-state index contributed by atoms with van der Waals surface area (Å²) in [5, 5.41) is 10.9. The molecule has 13 rings (SSSR count). The summed E-state index contributed by atoms with van der Waals surface area (Å²) in [7, 11) is 0. The van der Waals surface area contributed by atoms with E-state index in [2.05, 4.69) is 193 Å². The van der Waals surface area contributed by atoms with E-state index in [0.717, 1.165) is 72.3 Å². The molecule has 0 saturated heterocycles. The van der Waals surface area contributed by atoms with Gasteiger partial charge < -0.3 is 5.32 Å². The van der Waals surface area contributed by atoms with Gasteiger partial charge in [0.1, 0.15) is 17.8 Å². The van der Waals surface area contributed by atoms with Gasteiger partial charge in [-0.2, -0.15) is 0 Å². The number of nitrogens with zero attached hydrogens (tertiary/aromatic N) is 5. The zero-order chi connectivity index (χ0) is 45.7. The van der Waals surface area contributed by atoms with Gasteiger partial charge in [-0.15, -0.1) is 11.3 Å². The van der Waals surface area contributed by atoms with Crippen LogP contribution in [-0.4, -0.2) is 26.6 Å². The summed E-state index contributed by atoms with van der Waals surface area (Å²) in [6.45, 7) is 0. The van der Waals surface area contributed by atoms with Gasteiger partial charge in [-0.05, 0) is 85.8 Å². The van der Waals surface area contributed by atoms with Crippen molar-refractivity contribution < 1.29 is 0 Å². The number of benzene rings is 9. The van der Waals surface area contributed by atoms with Crippen LogP contribution < -0.4 is 5.32 Å². The van der Waals surface area contributed by atoms with E-state index in [9.17, 15) is 0 Å². The molecule has 6 nitrogen and oxygen atoms in total. The van der Waals surface area contributed by atoms with Crippen molar-refractivity contribution in [1.82, 2.24) is 20.3 Å². The summed E-state index contributed by atoms with van der Waals surface area (Å²) in [4.78, 5) is 25.6. The molecule has 11 aromatic rings. The van der Waals surface area contributed by atoms with Crippen LogP contribution in [0.1, 0.15) is 41.0 Å². The van der Waals surface area contributed by atoms with Crippen LogP contribution in [-0.2, 0) is 0 Å².